The quantitative estimate of drug-likeness (QED) is 0.330. The first kappa shape index (κ1) is 14.2. The van der Waals surface area contributed by atoms with Crippen LogP contribution in [-0.4, -0.2) is 74.3 Å². The topological polar surface area (TPSA) is 95.1 Å². The van der Waals surface area contributed by atoms with Crippen LogP contribution in [0.25, 0.3) is 0 Å². The van der Waals surface area contributed by atoms with Gasteiger partial charge in [-0.15, -0.1) is 0 Å². The normalized spacial score (nSPS) is 37.7. The third-order valence-electron chi connectivity index (χ3n) is 4.51. The van der Waals surface area contributed by atoms with Crippen molar-refractivity contribution >= 4 is 5.91 Å². The van der Waals surface area contributed by atoms with Gasteiger partial charge in [0.2, 0.25) is 0 Å². The Morgan fingerprint density at radius 2 is 2.40 bits per heavy atom. The Labute approximate surface area is 117 Å². The van der Waals surface area contributed by atoms with Crippen LogP contribution in [0.3, 0.4) is 0 Å². The van der Waals surface area contributed by atoms with Crippen LogP contribution in [0.15, 0.2) is 0 Å². The van der Waals surface area contributed by atoms with Gasteiger partial charge in [-0.25, -0.2) is 5.48 Å². The van der Waals surface area contributed by atoms with E-state index in [2.05, 4.69) is 16.1 Å². The van der Waals surface area contributed by atoms with E-state index in [1.807, 2.05) is 7.05 Å². The summed E-state index contributed by atoms with van der Waals surface area (Å²) in [6.45, 7) is 3.04. The van der Waals surface area contributed by atoms with Crippen LogP contribution in [-0.2, 0) is 14.4 Å². The number of carbonyl (C=O) groups excluding carboxylic acids is 1. The third kappa shape index (κ3) is 2.32. The molecule has 1 spiro atoms. The van der Waals surface area contributed by atoms with Crippen LogP contribution >= 0.6 is 0 Å². The Balaban J connectivity index is 1.61. The van der Waals surface area contributed by atoms with E-state index in [1.165, 1.54) is 0 Å². The molecule has 4 N–H and O–H groups in total. The standard InChI is InChI=1S/C12H22N4O4/c1-13-2-3-20-15-10(17)8-4-12(6-19-7-12)9-5-16(8)11(18)14-9/h8-9,11,13-14,18H,2-7H2,1H3,(H,15,17). The van der Waals surface area contributed by atoms with Gasteiger partial charge in [-0.2, -0.15) is 0 Å². The van der Waals surface area contributed by atoms with Crippen molar-refractivity contribution < 1.29 is 19.5 Å². The van der Waals surface area contributed by atoms with Crippen LogP contribution < -0.4 is 16.1 Å². The lowest BCUT2D eigenvalue weighted by atomic mass is 9.71. The summed E-state index contributed by atoms with van der Waals surface area (Å²) >= 11 is 0. The van der Waals surface area contributed by atoms with Gasteiger partial charge >= 0.3 is 0 Å². The highest BCUT2D eigenvalue weighted by molar-refractivity contribution is 5.81. The molecular weight excluding hydrogens is 264 g/mol. The van der Waals surface area contributed by atoms with E-state index in [1.54, 1.807) is 4.90 Å². The number of aliphatic hydroxyl groups excluding tert-OH is 1. The van der Waals surface area contributed by atoms with E-state index in [0.29, 0.717) is 39.3 Å². The van der Waals surface area contributed by atoms with Crippen molar-refractivity contribution in [1.82, 2.24) is 21.0 Å². The first-order valence-electron chi connectivity index (χ1n) is 7.00. The van der Waals surface area contributed by atoms with Gasteiger partial charge in [0.25, 0.3) is 5.91 Å². The molecule has 3 saturated heterocycles. The number of likely N-dealkylation sites (N-methyl/N-ethyl adjacent to an activating group) is 1. The van der Waals surface area contributed by atoms with Gasteiger partial charge in [-0.05, 0) is 13.5 Å². The number of aliphatic hydroxyl groups is 1. The molecule has 8 heteroatoms. The van der Waals surface area contributed by atoms with Crippen molar-refractivity contribution in [2.24, 2.45) is 5.41 Å². The van der Waals surface area contributed by atoms with E-state index >= 15 is 0 Å². The third-order valence-corrected chi connectivity index (χ3v) is 4.51. The Morgan fingerprint density at radius 1 is 1.60 bits per heavy atom. The van der Waals surface area contributed by atoms with Gasteiger partial charge < -0.3 is 15.2 Å². The van der Waals surface area contributed by atoms with E-state index in [9.17, 15) is 9.90 Å². The van der Waals surface area contributed by atoms with Crippen LogP contribution in [0, 0.1) is 5.41 Å². The van der Waals surface area contributed by atoms with Crippen molar-refractivity contribution in [3.63, 3.8) is 0 Å². The largest absolute Gasteiger partial charge is 0.380 e. The van der Waals surface area contributed by atoms with Crippen molar-refractivity contribution in [2.75, 3.05) is 40.0 Å². The summed E-state index contributed by atoms with van der Waals surface area (Å²) in [5.41, 5.74) is 2.45. The van der Waals surface area contributed by atoms with Gasteiger partial charge in [-0.1, -0.05) is 0 Å². The molecule has 114 valence electrons. The number of nitrogens with zero attached hydrogens (tertiary/aromatic N) is 1. The Kier molecular flexibility index (Phi) is 3.93. The number of rotatable bonds is 5. The molecular formula is C12H22N4O4. The van der Waals surface area contributed by atoms with E-state index in [0.717, 1.165) is 0 Å². The maximum absolute atomic E-state index is 12.2. The molecule has 2 bridgehead atoms. The number of piperidine rings is 1. The smallest absolute Gasteiger partial charge is 0.261 e. The van der Waals surface area contributed by atoms with Gasteiger partial charge in [0.1, 0.15) is 0 Å². The molecule has 0 aromatic rings. The van der Waals surface area contributed by atoms with Crippen LogP contribution in [0.5, 0.6) is 0 Å². The average molecular weight is 286 g/mol. The fraction of sp³-hybridized carbons (Fsp3) is 0.917. The molecule has 4 unspecified atom stereocenters. The first-order valence-corrected chi connectivity index (χ1v) is 7.00. The molecule has 0 aliphatic carbocycles. The lowest BCUT2D eigenvalue weighted by Gasteiger charge is -2.50. The van der Waals surface area contributed by atoms with Gasteiger partial charge in [0, 0.05) is 24.5 Å². The number of nitrogens with one attached hydrogen (secondary N) is 3. The minimum Gasteiger partial charge on any atom is -0.380 e. The number of hydrogen-bond acceptors (Lipinski definition) is 7. The Hall–Kier alpha value is -0.770. The summed E-state index contributed by atoms with van der Waals surface area (Å²) < 4.78 is 5.33. The Bertz CT molecular complexity index is 376. The molecule has 0 aromatic heterocycles. The fourth-order valence-electron chi connectivity index (χ4n) is 3.22. The zero-order valence-electron chi connectivity index (χ0n) is 11.6. The molecule has 3 aliphatic heterocycles. The van der Waals surface area contributed by atoms with Gasteiger partial charge in [0.15, 0.2) is 6.35 Å². The summed E-state index contributed by atoms with van der Waals surface area (Å²) in [6, 6.07) is -0.185. The zero-order chi connectivity index (χ0) is 14.2. The number of hydrogen-bond donors (Lipinski definition) is 4. The molecule has 3 heterocycles. The number of fused-ring (bicyclic) bond motifs is 3. The molecule has 3 fully saturated rings. The molecule has 0 aromatic carbocycles. The lowest BCUT2D eigenvalue weighted by Crippen LogP contribution is -2.63. The highest BCUT2D eigenvalue weighted by Gasteiger charge is 2.58. The molecule has 8 nitrogen and oxygen atoms in total. The molecule has 0 saturated carbocycles. The van der Waals surface area contributed by atoms with Gasteiger partial charge in [0.05, 0.1) is 25.9 Å². The average Bonchev–Trinajstić information content (AvgIpc) is 2.71. The Morgan fingerprint density at radius 3 is 3.05 bits per heavy atom. The van der Waals surface area contributed by atoms with Crippen molar-refractivity contribution in [2.45, 2.75) is 24.9 Å². The first-order chi connectivity index (χ1) is 9.66. The molecule has 3 rings (SSSR count). The summed E-state index contributed by atoms with van der Waals surface area (Å²) in [6.07, 6.45) is -0.0869. The summed E-state index contributed by atoms with van der Waals surface area (Å²) in [5.74, 6) is -0.200. The summed E-state index contributed by atoms with van der Waals surface area (Å²) in [4.78, 5) is 19.2. The second kappa shape index (κ2) is 5.55. The molecule has 3 aliphatic rings. The second-order valence-electron chi connectivity index (χ2n) is 5.78. The zero-order valence-corrected chi connectivity index (χ0v) is 11.6. The van der Waals surface area contributed by atoms with E-state index in [-0.39, 0.29) is 23.4 Å². The SMILES string of the molecule is CNCCONC(=O)C1CC2(COC2)C2CN1C(O)N2. The van der Waals surface area contributed by atoms with Crippen LogP contribution in [0.4, 0.5) is 0 Å². The molecule has 4 atom stereocenters. The lowest BCUT2D eigenvalue weighted by molar-refractivity contribution is -0.166. The van der Waals surface area contributed by atoms with Gasteiger partial charge in [-0.3, -0.25) is 19.8 Å². The molecule has 20 heavy (non-hydrogen) atoms. The van der Waals surface area contributed by atoms with Crippen molar-refractivity contribution in [3.8, 4) is 0 Å². The molecule has 1 amide bonds. The van der Waals surface area contributed by atoms with Crippen molar-refractivity contribution in [3.05, 3.63) is 0 Å². The number of carbonyl (C=O) groups is 1. The number of amides is 1. The van der Waals surface area contributed by atoms with E-state index < -0.39 is 6.35 Å². The minimum absolute atomic E-state index is 0.0268. The fourth-order valence-corrected chi connectivity index (χ4v) is 3.22. The highest BCUT2D eigenvalue weighted by atomic mass is 16.7. The van der Waals surface area contributed by atoms with Crippen LogP contribution in [0.2, 0.25) is 0 Å². The maximum Gasteiger partial charge on any atom is 0.261 e. The molecule has 0 radical (unpaired) electrons. The summed E-state index contributed by atoms with van der Waals surface area (Å²) in [7, 11) is 1.82. The predicted octanol–water partition coefficient (Wildman–Crippen LogP) is -2.41. The minimum atomic E-state index is -0.770. The number of ether oxygens (including phenoxy) is 1. The monoisotopic (exact) mass is 286 g/mol. The van der Waals surface area contributed by atoms with Crippen LogP contribution in [0.1, 0.15) is 6.42 Å². The second-order valence-corrected chi connectivity index (χ2v) is 5.78. The number of hydroxylamine groups is 1. The predicted molar refractivity (Wildman–Crippen MR) is 69.3 cm³/mol. The summed E-state index contributed by atoms with van der Waals surface area (Å²) in [5, 5.41) is 16.1. The maximum atomic E-state index is 12.2. The van der Waals surface area contributed by atoms with Crippen molar-refractivity contribution in [1.29, 1.82) is 0 Å². The highest BCUT2D eigenvalue weighted by Crippen LogP contribution is 2.44. The van der Waals surface area contributed by atoms with E-state index in [4.69, 9.17) is 9.57 Å².